The second-order valence-electron chi connectivity index (χ2n) is 4.16. The van der Waals surface area contributed by atoms with Gasteiger partial charge in [0.05, 0.1) is 6.04 Å². The van der Waals surface area contributed by atoms with Gasteiger partial charge in [0.25, 0.3) is 0 Å². The summed E-state index contributed by atoms with van der Waals surface area (Å²) in [5.74, 6) is 0.749. The Hall–Kier alpha value is -1.36. The zero-order valence-corrected chi connectivity index (χ0v) is 9.37. The zero-order valence-electron chi connectivity index (χ0n) is 9.37. The number of hydrogen-bond donors (Lipinski definition) is 3. The van der Waals surface area contributed by atoms with Gasteiger partial charge >= 0.3 is 0 Å². The van der Waals surface area contributed by atoms with Crippen molar-refractivity contribution in [2.24, 2.45) is 11.7 Å². The maximum Gasteiger partial charge on any atom is 0.242 e. The fourth-order valence-electron chi connectivity index (χ4n) is 1.32. The van der Waals surface area contributed by atoms with Crippen molar-refractivity contribution in [1.29, 1.82) is 0 Å². The summed E-state index contributed by atoms with van der Waals surface area (Å²) in [5, 5.41) is 9.31. The molecule has 1 aromatic rings. The number of nitrogens with two attached hydrogens (primary N) is 1. The normalized spacial score (nSPS) is 12.9. The van der Waals surface area contributed by atoms with Crippen molar-refractivity contribution in [3.05, 3.63) is 11.8 Å². The van der Waals surface area contributed by atoms with E-state index >= 15 is 0 Å². The SMILES string of the molecule is Cc1cc(NC(=O)C(N)CC(C)C)n[nH]1. The van der Waals surface area contributed by atoms with Crippen LogP contribution in [0.15, 0.2) is 6.07 Å². The number of nitrogens with zero attached hydrogens (tertiary/aromatic N) is 1. The van der Waals surface area contributed by atoms with Crippen molar-refractivity contribution >= 4 is 11.7 Å². The number of hydrogen-bond acceptors (Lipinski definition) is 3. The Labute approximate surface area is 89.4 Å². The Morgan fingerprint density at radius 2 is 2.33 bits per heavy atom. The maximum absolute atomic E-state index is 11.6. The third-order valence-corrected chi connectivity index (χ3v) is 2.02. The third kappa shape index (κ3) is 3.71. The molecule has 0 saturated carbocycles. The van der Waals surface area contributed by atoms with Gasteiger partial charge in [0, 0.05) is 11.8 Å². The lowest BCUT2D eigenvalue weighted by Crippen LogP contribution is -2.36. The van der Waals surface area contributed by atoms with Gasteiger partial charge in [0.1, 0.15) is 0 Å². The van der Waals surface area contributed by atoms with Crippen LogP contribution in [-0.2, 0) is 4.79 Å². The van der Waals surface area contributed by atoms with Gasteiger partial charge in [0.15, 0.2) is 5.82 Å². The maximum atomic E-state index is 11.6. The van der Waals surface area contributed by atoms with Crippen molar-refractivity contribution in [2.45, 2.75) is 33.2 Å². The van der Waals surface area contributed by atoms with Crippen LogP contribution in [0.4, 0.5) is 5.82 Å². The van der Waals surface area contributed by atoms with E-state index in [1.807, 2.05) is 20.8 Å². The molecule has 0 aromatic carbocycles. The third-order valence-electron chi connectivity index (χ3n) is 2.02. The van der Waals surface area contributed by atoms with E-state index in [1.165, 1.54) is 0 Å². The first-order chi connectivity index (χ1) is 6.99. The average molecular weight is 210 g/mol. The highest BCUT2D eigenvalue weighted by Crippen LogP contribution is 2.07. The topological polar surface area (TPSA) is 83.8 Å². The van der Waals surface area contributed by atoms with E-state index in [2.05, 4.69) is 15.5 Å². The molecule has 0 radical (unpaired) electrons. The lowest BCUT2D eigenvalue weighted by atomic mass is 10.0. The Bertz CT molecular complexity index is 332. The number of aromatic nitrogens is 2. The van der Waals surface area contributed by atoms with Crippen molar-refractivity contribution in [3.8, 4) is 0 Å². The quantitative estimate of drug-likeness (QED) is 0.694. The first-order valence-corrected chi connectivity index (χ1v) is 5.07. The molecule has 0 aliphatic carbocycles. The molecule has 1 amide bonds. The number of carbonyl (C=O) groups is 1. The van der Waals surface area contributed by atoms with E-state index in [-0.39, 0.29) is 5.91 Å². The number of aromatic amines is 1. The van der Waals surface area contributed by atoms with Gasteiger partial charge in [0.2, 0.25) is 5.91 Å². The summed E-state index contributed by atoms with van der Waals surface area (Å²) in [6.07, 6.45) is 0.676. The van der Waals surface area contributed by atoms with Gasteiger partial charge in [-0.15, -0.1) is 0 Å². The monoisotopic (exact) mass is 210 g/mol. The molecule has 1 heterocycles. The summed E-state index contributed by atoms with van der Waals surface area (Å²) < 4.78 is 0. The van der Waals surface area contributed by atoms with Gasteiger partial charge in [-0.25, -0.2) is 0 Å². The molecule has 5 nitrogen and oxygen atoms in total. The van der Waals surface area contributed by atoms with Crippen LogP contribution in [0, 0.1) is 12.8 Å². The molecule has 1 aromatic heterocycles. The minimum absolute atomic E-state index is 0.185. The number of anilines is 1. The fourth-order valence-corrected chi connectivity index (χ4v) is 1.32. The molecule has 1 atom stereocenters. The molecule has 0 aliphatic heterocycles. The second-order valence-corrected chi connectivity index (χ2v) is 4.16. The summed E-state index contributed by atoms with van der Waals surface area (Å²) in [4.78, 5) is 11.6. The van der Waals surface area contributed by atoms with Gasteiger partial charge in [-0.1, -0.05) is 13.8 Å². The van der Waals surface area contributed by atoms with Crippen molar-refractivity contribution in [3.63, 3.8) is 0 Å². The van der Waals surface area contributed by atoms with Crippen LogP contribution >= 0.6 is 0 Å². The van der Waals surface area contributed by atoms with Crippen LogP contribution < -0.4 is 11.1 Å². The minimum atomic E-state index is -0.470. The zero-order chi connectivity index (χ0) is 11.4. The Balaban J connectivity index is 2.48. The highest BCUT2D eigenvalue weighted by Gasteiger charge is 2.15. The highest BCUT2D eigenvalue weighted by molar-refractivity contribution is 5.93. The van der Waals surface area contributed by atoms with E-state index in [0.29, 0.717) is 18.2 Å². The molecule has 0 fully saturated rings. The van der Waals surface area contributed by atoms with Crippen molar-refractivity contribution < 1.29 is 4.79 Å². The lowest BCUT2D eigenvalue weighted by molar-refractivity contribution is -0.117. The molecule has 1 unspecified atom stereocenters. The molecule has 0 bridgehead atoms. The number of carbonyl (C=O) groups excluding carboxylic acids is 1. The van der Waals surface area contributed by atoms with E-state index in [4.69, 9.17) is 5.73 Å². The van der Waals surface area contributed by atoms with Gasteiger partial charge in [-0.2, -0.15) is 5.10 Å². The Morgan fingerprint density at radius 3 is 2.80 bits per heavy atom. The van der Waals surface area contributed by atoms with E-state index < -0.39 is 6.04 Å². The summed E-state index contributed by atoms with van der Waals surface area (Å²) in [5.41, 5.74) is 6.63. The fraction of sp³-hybridized carbons (Fsp3) is 0.600. The van der Waals surface area contributed by atoms with Crippen LogP contribution in [0.5, 0.6) is 0 Å². The molecule has 4 N–H and O–H groups in total. The number of nitrogens with one attached hydrogen (secondary N) is 2. The molecule has 1 rings (SSSR count). The molecule has 84 valence electrons. The molecule has 15 heavy (non-hydrogen) atoms. The van der Waals surface area contributed by atoms with Crippen molar-refractivity contribution in [2.75, 3.05) is 5.32 Å². The summed E-state index contributed by atoms with van der Waals surface area (Å²) >= 11 is 0. The molecule has 0 saturated heterocycles. The van der Waals surface area contributed by atoms with Gasteiger partial charge in [-0.3, -0.25) is 9.89 Å². The summed E-state index contributed by atoms with van der Waals surface area (Å²) in [6.45, 7) is 5.94. The smallest absolute Gasteiger partial charge is 0.242 e. The van der Waals surface area contributed by atoms with Crippen LogP contribution in [0.2, 0.25) is 0 Å². The predicted octanol–water partition coefficient (Wildman–Crippen LogP) is 1.03. The standard InChI is InChI=1S/C10H18N4O/c1-6(2)4-8(11)10(15)12-9-5-7(3)13-14-9/h5-6,8H,4,11H2,1-3H3,(H2,12,13,14,15). The number of H-pyrrole nitrogens is 1. The highest BCUT2D eigenvalue weighted by atomic mass is 16.2. The van der Waals surface area contributed by atoms with Crippen molar-refractivity contribution in [1.82, 2.24) is 10.2 Å². The van der Waals surface area contributed by atoms with E-state index in [0.717, 1.165) is 5.69 Å². The molecule has 0 aliphatic rings. The largest absolute Gasteiger partial charge is 0.320 e. The molecule has 5 heteroatoms. The lowest BCUT2D eigenvalue weighted by Gasteiger charge is -2.12. The molecular weight excluding hydrogens is 192 g/mol. The summed E-state index contributed by atoms with van der Waals surface area (Å²) in [6, 6.07) is 1.29. The van der Waals surface area contributed by atoms with Crippen LogP contribution in [-0.4, -0.2) is 22.1 Å². The van der Waals surface area contributed by atoms with E-state index in [1.54, 1.807) is 6.07 Å². The van der Waals surface area contributed by atoms with Crippen LogP contribution in [0.1, 0.15) is 26.0 Å². The number of aryl methyl sites for hydroxylation is 1. The minimum Gasteiger partial charge on any atom is -0.320 e. The average Bonchev–Trinajstić information content (AvgIpc) is 2.50. The summed E-state index contributed by atoms with van der Waals surface area (Å²) in [7, 11) is 0. The Kier molecular flexibility index (Phi) is 3.85. The first kappa shape index (κ1) is 11.7. The number of amides is 1. The van der Waals surface area contributed by atoms with Crippen LogP contribution in [0.25, 0.3) is 0 Å². The first-order valence-electron chi connectivity index (χ1n) is 5.07. The van der Waals surface area contributed by atoms with E-state index in [9.17, 15) is 4.79 Å². The van der Waals surface area contributed by atoms with Crippen LogP contribution in [0.3, 0.4) is 0 Å². The molecule has 0 spiro atoms. The Morgan fingerprint density at radius 1 is 1.67 bits per heavy atom. The van der Waals surface area contributed by atoms with Gasteiger partial charge < -0.3 is 11.1 Å². The molecular formula is C10H18N4O. The number of rotatable bonds is 4. The second kappa shape index (κ2) is 4.93. The predicted molar refractivity (Wildman–Crippen MR) is 59.4 cm³/mol. The van der Waals surface area contributed by atoms with Gasteiger partial charge in [-0.05, 0) is 19.3 Å².